The van der Waals surface area contributed by atoms with Crippen LogP contribution in [0.2, 0.25) is 0 Å². The average molecular weight is 227 g/mol. The molecule has 1 aromatic rings. The van der Waals surface area contributed by atoms with E-state index in [4.69, 9.17) is 4.74 Å². The minimum Gasteiger partial charge on any atom is -0.473 e. The third kappa shape index (κ3) is 2.71. The van der Waals surface area contributed by atoms with Crippen molar-refractivity contribution in [3.63, 3.8) is 0 Å². The van der Waals surface area contributed by atoms with Gasteiger partial charge in [-0.25, -0.2) is 4.98 Å². The van der Waals surface area contributed by atoms with Gasteiger partial charge in [-0.15, -0.1) is 0 Å². The number of rotatable bonds is 1. The molecule has 0 aliphatic heterocycles. The molecule has 0 aliphatic rings. The zero-order valence-electron chi connectivity index (χ0n) is 10.8. The highest BCUT2D eigenvalue weighted by Crippen LogP contribution is 2.40. The summed E-state index contributed by atoms with van der Waals surface area (Å²) in [5, 5.41) is 0.768. The predicted octanol–water partition coefficient (Wildman–Crippen LogP) is 3.75. The second-order valence-corrected chi connectivity index (χ2v) is 6.82. The lowest BCUT2D eigenvalue weighted by Gasteiger charge is -2.24. The van der Waals surface area contributed by atoms with Crippen LogP contribution in [0.3, 0.4) is 0 Å². The Bertz CT molecular complexity index is 310. The van der Waals surface area contributed by atoms with Gasteiger partial charge >= 0.3 is 0 Å². The van der Waals surface area contributed by atoms with Gasteiger partial charge in [0.25, 0.3) is 5.19 Å². The molecule has 0 radical (unpaired) electrons. The number of aromatic nitrogens is 1. The largest absolute Gasteiger partial charge is 0.473 e. The number of nitrogens with zero attached hydrogens (tertiary/aromatic N) is 1. The van der Waals surface area contributed by atoms with Crippen molar-refractivity contribution < 1.29 is 4.74 Å². The minimum atomic E-state index is 0.0793. The van der Waals surface area contributed by atoms with Crippen LogP contribution in [0.25, 0.3) is 0 Å². The molecule has 0 N–H and O–H groups in total. The standard InChI is InChI=1S/C12H21NOS/c1-11(2,3)8-9(12(4,5)6)15-10(13-8)14-7/h1-7H3. The van der Waals surface area contributed by atoms with Crippen LogP contribution >= 0.6 is 11.3 Å². The van der Waals surface area contributed by atoms with Crippen molar-refractivity contribution in [1.29, 1.82) is 0 Å². The maximum Gasteiger partial charge on any atom is 0.273 e. The van der Waals surface area contributed by atoms with E-state index >= 15 is 0 Å². The lowest BCUT2D eigenvalue weighted by atomic mass is 9.84. The number of thiazole rings is 1. The summed E-state index contributed by atoms with van der Waals surface area (Å²) in [6, 6.07) is 0. The molecule has 0 saturated heterocycles. The molecule has 0 unspecified atom stereocenters. The normalized spacial score (nSPS) is 13.0. The average Bonchev–Trinajstić information content (AvgIpc) is 2.44. The van der Waals surface area contributed by atoms with Crippen LogP contribution < -0.4 is 4.74 Å². The van der Waals surface area contributed by atoms with Crippen molar-refractivity contribution in [2.75, 3.05) is 7.11 Å². The lowest BCUT2D eigenvalue weighted by Crippen LogP contribution is -2.20. The summed E-state index contributed by atoms with van der Waals surface area (Å²) in [5.41, 5.74) is 1.38. The number of hydrogen-bond donors (Lipinski definition) is 0. The molecule has 0 aromatic carbocycles. The Kier molecular flexibility index (Phi) is 3.15. The molecular formula is C12H21NOS. The van der Waals surface area contributed by atoms with Gasteiger partial charge in [0.05, 0.1) is 12.8 Å². The Labute approximate surface area is 96.7 Å². The van der Waals surface area contributed by atoms with Crippen molar-refractivity contribution >= 4 is 11.3 Å². The van der Waals surface area contributed by atoms with E-state index in [2.05, 4.69) is 46.5 Å². The molecule has 1 aromatic heterocycles. The SMILES string of the molecule is COc1nc(C(C)(C)C)c(C(C)(C)C)s1. The number of methoxy groups -OCH3 is 1. The predicted molar refractivity (Wildman–Crippen MR) is 66.1 cm³/mol. The first-order valence-corrected chi connectivity index (χ1v) is 6.03. The summed E-state index contributed by atoms with van der Waals surface area (Å²) in [5.74, 6) is 0. The Balaban J connectivity index is 3.31. The highest BCUT2D eigenvalue weighted by molar-refractivity contribution is 7.13. The highest BCUT2D eigenvalue weighted by atomic mass is 32.1. The van der Waals surface area contributed by atoms with Crippen molar-refractivity contribution in [3.05, 3.63) is 10.6 Å². The quantitative estimate of drug-likeness (QED) is 0.729. The number of ether oxygens (including phenoxy) is 1. The molecule has 15 heavy (non-hydrogen) atoms. The third-order valence-electron chi connectivity index (χ3n) is 2.17. The topological polar surface area (TPSA) is 22.1 Å². The van der Waals surface area contributed by atoms with Gasteiger partial charge in [0, 0.05) is 10.3 Å². The smallest absolute Gasteiger partial charge is 0.273 e. The van der Waals surface area contributed by atoms with Crippen molar-refractivity contribution in [2.45, 2.75) is 52.4 Å². The molecule has 0 atom stereocenters. The van der Waals surface area contributed by atoms with Crippen molar-refractivity contribution in [3.8, 4) is 5.19 Å². The van der Waals surface area contributed by atoms with Crippen LogP contribution in [-0.4, -0.2) is 12.1 Å². The summed E-state index contributed by atoms with van der Waals surface area (Å²) >= 11 is 1.66. The van der Waals surface area contributed by atoms with E-state index in [1.165, 1.54) is 4.88 Å². The molecule has 0 fully saturated rings. The maximum atomic E-state index is 5.23. The van der Waals surface area contributed by atoms with Gasteiger partial charge in [0.15, 0.2) is 0 Å². The van der Waals surface area contributed by atoms with Crippen LogP contribution in [0.15, 0.2) is 0 Å². The fraction of sp³-hybridized carbons (Fsp3) is 0.750. The zero-order valence-corrected chi connectivity index (χ0v) is 11.6. The second kappa shape index (κ2) is 3.78. The van der Waals surface area contributed by atoms with Crippen LogP contribution in [-0.2, 0) is 10.8 Å². The Hall–Kier alpha value is -0.570. The first-order chi connectivity index (χ1) is 6.66. The molecule has 2 nitrogen and oxygen atoms in total. The van der Waals surface area contributed by atoms with Crippen molar-refractivity contribution in [1.82, 2.24) is 4.98 Å². The second-order valence-electron chi connectivity index (χ2n) is 5.86. The van der Waals surface area contributed by atoms with Crippen LogP contribution in [0.1, 0.15) is 52.1 Å². The summed E-state index contributed by atoms with van der Waals surface area (Å²) < 4.78 is 5.23. The fourth-order valence-electron chi connectivity index (χ4n) is 1.40. The van der Waals surface area contributed by atoms with E-state index in [-0.39, 0.29) is 10.8 Å². The van der Waals surface area contributed by atoms with Gasteiger partial charge in [-0.05, 0) is 5.41 Å². The monoisotopic (exact) mass is 227 g/mol. The summed E-state index contributed by atoms with van der Waals surface area (Å²) in [6.07, 6.45) is 0. The summed E-state index contributed by atoms with van der Waals surface area (Å²) in [7, 11) is 1.68. The molecular weight excluding hydrogens is 206 g/mol. The summed E-state index contributed by atoms with van der Waals surface area (Å²) in [6.45, 7) is 13.2. The third-order valence-corrected chi connectivity index (χ3v) is 3.62. The van der Waals surface area contributed by atoms with E-state index in [9.17, 15) is 0 Å². The van der Waals surface area contributed by atoms with Gasteiger partial charge < -0.3 is 4.74 Å². The Morgan fingerprint density at radius 1 is 1.00 bits per heavy atom. The molecule has 3 heteroatoms. The first kappa shape index (κ1) is 12.5. The summed E-state index contributed by atoms with van der Waals surface area (Å²) in [4.78, 5) is 5.89. The molecule has 0 amide bonds. The van der Waals surface area contributed by atoms with Gasteiger partial charge in [-0.1, -0.05) is 52.9 Å². The first-order valence-electron chi connectivity index (χ1n) is 5.22. The fourth-order valence-corrected chi connectivity index (χ4v) is 2.55. The van der Waals surface area contributed by atoms with Gasteiger partial charge in [-0.2, -0.15) is 0 Å². The van der Waals surface area contributed by atoms with Gasteiger partial charge in [0.1, 0.15) is 0 Å². The van der Waals surface area contributed by atoms with Gasteiger partial charge in [0.2, 0.25) is 0 Å². The lowest BCUT2D eigenvalue weighted by molar-refractivity contribution is 0.407. The maximum absolute atomic E-state index is 5.23. The Morgan fingerprint density at radius 2 is 1.53 bits per heavy atom. The number of hydrogen-bond acceptors (Lipinski definition) is 3. The van der Waals surface area contributed by atoms with E-state index in [0.29, 0.717) is 0 Å². The van der Waals surface area contributed by atoms with E-state index in [1.54, 1.807) is 18.4 Å². The minimum absolute atomic E-state index is 0.0793. The van der Waals surface area contributed by atoms with Crippen LogP contribution in [0, 0.1) is 0 Å². The van der Waals surface area contributed by atoms with Crippen molar-refractivity contribution in [2.24, 2.45) is 0 Å². The zero-order chi connectivity index (χ0) is 11.9. The van der Waals surface area contributed by atoms with Crippen LogP contribution in [0.4, 0.5) is 0 Å². The van der Waals surface area contributed by atoms with E-state index < -0.39 is 0 Å². The Morgan fingerprint density at radius 3 is 1.80 bits per heavy atom. The molecule has 1 rings (SSSR count). The van der Waals surface area contributed by atoms with Gasteiger partial charge in [-0.3, -0.25) is 0 Å². The molecule has 0 saturated carbocycles. The van der Waals surface area contributed by atoms with E-state index in [0.717, 1.165) is 10.9 Å². The van der Waals surface area contributed by atoms with Crippen LogP contribution in [0.5, 0.6) is 5.19 Å². The molecule has 1 heterocycles. The molecule has 0 spiro atoms. The molecule has 0 bridgehead atoms. The van der Waals surface area contributed by atoms with E-state index in [1.807, 2.05) is 0 Å². The molecule has 0 aliphatic carbocycles. The highest BCUT2D eigenvalue weighted by Gasteiger charge is 2.29. The molecule has 86 valence electrons.